The number of likely N-dealkylation sites (tertiary alicyclic amines) is 1. The predicted molar refractivity (Wildman–Crippen MR) is 108 cm³/mol. The van der Waals surface area contributed by atoms with Gasteiger partial charge in [0.2, 0.25) is 5.91 Å². The zero-order valence-electron chi connectivity index (χ0n) is 16.7. The van der Waals surface area contributed by atoms with E-state index in [1.807, 2.05) is 16.4 Å². The first-order chi connectivity index (χ1) is 14.1. The highest BCUT2D eigenvalue weighted by atomic mass is 16.2. The van der Waals surface area contributed by atoms with Gasteiger partial charge in [-0.2, -0.15) is 0 Å². The first kappa shape index (κ1) is 18.0. The second-order valence-electron chi connectivity index (χ2n) is 7.78. The summed E-state index contributed by atoms with van der Waals surface area (Å²) in [5.41, 5.74) is 2.37. The number of carbonyl (C=O) groups excluding carboxylic acids is 1. The molecule has 1 unspecified atom stereocenters. The molecule has 3 aromatic rings. The van der Waals surface area contributed by atoms with Crippen molar-refractivity contribution in [2.75, 3.05) is 18.4 Å². The lowest BCUT2D eigenvalue weighted by Gasteiger charge is -2.17. The van der Waals surface area contributed by atoms with Crippen LogP contribution in [0, 0.1) is 12.8 Å². The molecule has 150 valence electrons. The number of carbonyl (C=O) groups is 1. The number of hydrogen-bond acceptors (Lipinski definition) is 7. The number of hydrogen-bond donors (Lipinski definition) is 1. The average molecular weight is 392 g/mol. The first-order valence-electron chi connectivity index (χ1n) is 10.2. The molecule has 0 spiro atoms. The second kappa shape index (κ2) is 7.06. The Balaban J connectivity index is 1.44. The second-order valence-corrected chi connectivity index (χ2v) is 7.78. The number of rotatable bonds is 5. The molecule has 1 amide bonds. The van der Waals surface area contributed by atoms with Crippen LogP contribution in [0.25, 0.3) is 22.6 Å². The van der Waals surface area contributed by atoms with Crippen LogP contribution < -0.4 is 5.32 Å². The fraction of sp³-hybridized carbons (Fsp3) is 0.500. The zero-order valence-corrected chi connectivity index (χ0v) is 16.7. The molecule has 1 saturated heterocycles. The molecule has 3 aromatic heterocycles. The highest BCUT2D eigenvalue weighted by Gasteiger charge is 2.36. The van der Waals surface area contributed by atoms with E-state index in [0.717, 1.165) is 60.7 Å². The lowest BCUT2D eigenvalue weighted by atomic mass is 10.2. The Kier molecular flexibility index (Phi) is 4.37. The Morgan fingerprint density at radius 2 is 1.97 bits per heavy atom. The van der Waals surface area contributed by atoms with Gasteiger partial charge < -0.3 is 14.8 Å². The minimum atomic E-state index is 0.175. The van der Waals surface area contributed by atoms with Crippen LogP contribution in [0.3, 0.4) is 0 Å². The maximum Gasteiger partial charge on any atom is 0.225 e. The highest BCUT2D eigenvalue weighted by molar-refractivity contribution is 5.86. The largest absolute Gasteiger partial charge is 0.364 e. The quantitative estimate of drug-likeness (QED) is 0.709. The summed E-state index contributed by atoms with van der Waals surface area (Å²) in [6.07, 6.45) is 8.14. The molecule has 0 radical (unpaired) electrons. The summed E-state index contributed by atoms with van der Waals surface area (Å²) in [6, 6.07) is 0.175. The normalized spacial score (nSPS) is 19.1. The maximum absolute atomic E-state index is 12.3. The van der Waals surface area contributed by atoms with Gasteiger partial charge in [0.25, 0.3) is 0 Å². The van der Waals surface area contributed by atoms with Crippen molar-refractivity contribution < 1.29 is 4.79 Å². The van der Waals surface area contributed by atoms with Crippen molar-refractivity contribution in [2.24, 2.45) is 5.92 Å². The summed E-state index contributed by atoms with van der Waals surface area (Å²) in [7, 11) is 0. The Morgan fingerprint density at radius 3 is 2.69 bits per heavy atom. The van der Waals surface area contributed by atoms with E-state index in [2.05, 4.69) is 32.2 Å². The maximum atomic E-state index is 12.3. The Hall–Kier alpha value is -3.10. The van der Waals surface area contributed by atoms with Crippen molar-refractivity contribution in [1.82, 2.24) is 34.4 Å². The average Bonchev–Trinajstić information content (AvgIpc) is 3.36. The molecule has 29 heavy (non-hydrogen) atoms. The molecular formula is C20H24N8O. The molecule has 0 aromatic carbocycles. The molecule has 9 heteroatoms. The number of nitrogens with one attached hydrogen (secondary N) is 1. The minimum Gasteiger partial charge on any atom is -0.364 e. The molecule has 0 bridgehead atoms. The van der Waals surface area contributed by atoms with Gasteiger partial charge in [0, 0.05) is 44.0 Å². The molecule has 1 aliphatic carbocycles. The van der Waals surface area contributed by atoms with Crippen molar-refractivity contribution in [2.45, 2.75) is 45.7 Å². The summed E-state index contributed by atoms with van der Waals surface area (Å²) in [6.45, 7) is 6.17. The Morgan fingerprint density at radius 1 is 1.17 bits per heavy atom. The summed E-state index contributed by atoms with van der Waals surface area (Å²) in [4.78, 5) is 36.7. The Bertz CT molecular complexity index is 1060. The molecule has 9 nitrogen and oxygen atoms in total. The van der Waals surface area contributed by atoms with E-state index in [-0.39, 0.29) is 12.0 Å². The van der Waals surface area contributed by atoms with Gasteiger partial charge in [-0.3, -0.25) is 4.79 Å². The van der Waals surface area contributed by atoms with Crippen LogP contribution >= 0.6 is 0 Å². The van der Waals surface area contributed by atoms with Crippen LogP contribution in [-0.2, 0) is 11.3 Å². The molecule has 1 aliphatic heterocycles. The van der Waals surface area contributed by atoms with E-state index in [9.17, 15) is 4.79 Å². The van der Waals surface area contributed by atoms with Gasteiger partial charge in [0.15, 0.2) is 17.0 Å². The van der Waals surface area contributed by atoms with E-state index in [4.69, 9.17) is 4.98 Å². The number of nitrogens with zero attached hydrogens (tertiary/aromatic N) is 7. The van der Waals surface area contributed by atoms with E-state index in [0.29, 0.717) is 18.3 Å². The van der Waals surface area contributed by atoms with Crippen LogP contribution in [0.4, 0.5) is 5.82 Å². The fourth-order valence-corrected chi connectivity index (χ4v) is 3.93. The fourth-order valence-electron chi connectivity index (χ4n) is 3.93. The molecule has 2 aliphatic rings. The first-order valence-corrected chi connectivity index (χ1v) is 10.2. The number of aromatic nitrogens is 6. The lowest BCUT2D eigenvalue weighted by Crippen LogP contribution is -2.32. The molecule has 5 rings (SSSR count). The number of fused-ring (bicyclic) bond motifs is 1. The number of aryl methyl sites for hydroxylation is 2. The summed E-state index contributed by atoms with van der Waals surface area (Å²) < 4.78 is 2.05. The number of anilines is 1. The lowest BCUT2D eigenvalue weighted by molar-refractivity contribution is -0.131. The van der Waals surface area contributed by atoms with Crippen molar-refractivity contribution >= 4 is 22.9 Å². The van der Waals surface area contributed by atoms with Gasteiger partial charge in [-0.1, -0.05) is 0 Å². The topological polar surface area (TPSA) is 102 Å². The third kappa shape index (κ3) is 3.30. The van der Waals surface area contributed by atoms with E-state index in [1.54, 1.807) is 18.7 Å². The van der Waals surface area contributed by atoms with Crippen LogP contribution in [0.1, 0.15) is 32.0 Å². The van der Waals surface area contributed by atoms with Gasteiger partial charge in [-0.25, -0.2) is 24.9 Å². The predicted octanol–water partition coefficient (Wildman–Crippen LogP) is 2.03. The van der Waals surface area contributed by atoms with Gasteiger partial charge >= 0.3 is 0 Å². The molecule has 4 heterocycles. The third-order valence-electron chi connectivity index (χ3n) is 5.65. The Labute approximate surface area is 168 Å². The molecule has 2 fully saturated rings. The van der Waals surface area contributed by atoms with Crippen molar-refractivity contribution in [3.63, 3.8) is 0 Å². The SMILES string of the molecule is CCn1c(-c2cnc(C)nc2)nc2c(NC3CCN(C(=O)C4CC4)C3)ncnc21. The van der Waals surface area contributed by atoms with Crippen LogP contribution in [0.15, 0.2) is 18.7 Å². The van der Waals surface area contributed by atoms with E-state index in [1.165, 1.54) is 0 Å². The van der Waals surface area contributed by atoms with E-state index >= 15 is 0 Å². The minimum absolute atomic E-state index is 0.175. The summed E-state index contributed by atoms with van der Waals surface area (Å²) >= 11 is 0. The van der Waals surface area contributed by atoms with Gasteiger partial charge in [-0.15, -0.1) is 0 Å². The monoisotopic (exact) mass is 392 g/mol. The number of amides is 1. The van der Waals surface area contributed by atoms with Crippen LogP contribution in [0.5, 0.6) is 0 Å². The smallest absolute Gasteiger partial charge is 0.225 e. The van der Waals surface area contributed by atoms with Crippen molar-refractivity contribution in [3.05, 3.63) is 24.5 Å². The molecular weight excluding hydrogens is 368 g/mol. The molecule has 1 N–H and O–H groups in total. The van der Waals surface area contributed by atoms with Crippen molar-refractivity contribution in [1.29, 1.82) is 0 Å². The van der Waals surface area contributed by atoms with Crippen molar-refractivity contribution in [3.8, 4) is 11.4 Å². The molecule has 1 atom stereocenters. The van der Waals surface area contributed by atoms with Crippen LogP contribution in [-0.4, -0.2) is 59.4 Å². The van der Waals surface area contributed by atoms with E-state index < -0.39 is 0 Å². The molecule has 1 saturated carbocycles. The standard InChI is InChI=1S/C20H24N8O/c1-3-28-18(14-8-21-12(2)22-9-14)26-16-17(23-11-24-19(16)28)25-15-6-7-27(10-15)20(29)13-4-5-13/h8-9,11,13,15H,3-7,10H2,1-2H3,(H,23,24,25). The zero-order chi connectivity index (χ0) is 20.0. The third-order valence-corrected chi connectivity index (χ3v) is 5.65. The van der Waals surface area contributed by atoms with Gasteiger partial charge in [-0.05, 0) is 33.1 Å². The summed E-state index contributed by atoms with van der Waals surface area (Å²) in [5.74, 6) is 2.78. The van der Waals surface area contributed by atoms with Gasteiger partial charge in [0.05, 0.1) is 5.56 Å². The highest BCUT2D eigenvalue weighted by Crippen LogP contribution is 2.33. The summed E-state index contributed by atoms with van der Waals surface area (Å²) in [5, 5.41) is 3.50. The number of imidazole rings is 1. The van der Waals surface area contributed by atoms with Gasteiger partial charge in [0.1, 0.15) is 18.0 Å². The van der Waals surface area contributed by atoms with Crippen LogP contribution in [0.2, 0.25) is 0 Å².